The molecule has 1 aromatic rings. The monoisotopic (exact) mass is 208 g/mol. The molecule has 0 radical (unpaired) electrons. The van der Waals surface area contributed by atoms with Crippen LogP contribution in [0.1, 0.15) is 6.92 Å². The first-order chi connectivity index (χ1) is 6.75. The molecular formula is C11H13ClN2. The maximum Gasteiger partial charge on any atom is 0.128 e. The van der Waals surface area contributed by atoms with Gasteiger partial charge in [0.15, 0.2) is 0 Å². The summed E-state index contributed by atoms with van der Waals surface area (Å²) >= 11 is 5.78. The summed E-state index contributed by atoms with van der Waals surface area (Å²) in [6.45, 7) is 4.18. The fourth-order valence-electron chi connectivity index (χ4n) is 1.65. The normalized spacial score (nSPS) is 21.3. The highest BCUT2D eigenvalue weighted by atomic mass is 35.5. The van der Waals surface area contributed by atoms with Gasteiger partial charge >= 0.3 is 0 Å². The van der Waals surface area contributed by atoms with Crippen molar-refractivity contribution in [1.29, 1.82) is 0 Å². The minimum Gasteiger partial charge on any atom is -0.352 e. The standard InChI is InChI=1S/C11H13ClN2/c1-9-3-2-6-14(8-9)11-5-4-10(12)7-13-11/h2-5,7,9H,6,8H2,1H3. The van der Waals surface area contributed by atoms with Crippen molar-refractivity contribution in [3.63, 3.8) is 0 Å². The van der Waals surface area contributed by atoms with Crippen LogP contribution in [0.5, 0.6) is 0 Å². The minimum absolute atomic E-state index is 0.598. The van der Waals surface area contributed by atoms with Crippen molar-refractivity contribution < 1.29 is 0 Å². The van der Waals surface area contributed by atoms with Crippen molar-refractivity contribution in [3.05, 3.63) is 35.5 Å². The van der Waals surface area contributed by atoms with Crippen LogP contribution in [0.4, 0.5) is 5.82 Å². The van der Waals surface area contributed by atoms with Gasteiger partial charge in [-0.1, -0.05) is 30.7 Å². The van der Waals surface area contributed by atoms with Gasteiger partial charge in [-0.2, -0.15) is 0 Å². The molecule has 0 aromatic carbocycles. The van der Waals surface area contributed by atoms with E-state index in [1.807, 2.05) is 12.1 Å². The summed E-state index contributed by atoms with van der Waals surface area (Å²) in [6.07, 6.45) is 6.12. The SMILES string of the molecule is CC1C=CCN(c2ccc(Cl)cn2)C1. The molecule has 1 aliphatic heterocycles. The van der Waals surface area contributed by atoms with Gasteiger partial charge in [0.1, 0.15) is 5.82 Å². The molecule has 3 heteroatoms. The van der Waals surface area contributed by atoms with Crippen molar-refractivity contribution >= 4 is 17.4 Å². The van der Waals surface area contributed by atoms with Crippen LogP contribution in [-0.2, 0) is 0 Å². The zero-order chi connectivity index (χ0) is 9.97. The van der Waals surface area contributed by atoms with E-state index in [4.69, 9.17) is 11.6 Å². The van der Waals surface area contributed by atoms with Crippen LogP contribution in [0.15, 0.2) is 30.5 Å². The summed E-state index contributed by atoms with van der Waals surface area (Å²) in [7, 11) is 0. The van der Waals surface area contributed by atoms with Crippen molar-refractivity contribution in [2.24, 2.45) is 5.92 Å². The molecule has 2 heterocycles. The Morgan fingerprint density at radius 2 is 2.36 bits per heavy atom. The van der Waals surface area contributed by atoms with E-state index in [0.29, 0.717) is 10.9 Å². The summed E-state index contributed by atoms with van der Waals surface area (Å²) in [5, 5.41) is 0.689. The number of nitrogens with zero attached hydrogens (tertiary/aromatic N) is 2. The topological polar surface area (TPSA) is 16.1 Å². The zero-order valence-corrected chi connectivity index (χ0v) is 8.91. The zero-order valence-electron chi connectivity index (χ0n) is 8.15. The Labute approximate surface area is 89.2 Å². The molecule has 1 atom stereocenters. The second-order valence-electron chi connectivity index (χ2n) is 3.65. The molecule has 1 aromatic heterocycles. The van der Waals surface area contributed by atoms with E-state index < -0.39 is 0 Å². The Kier molecular flexibility index (Phi) is 2.73. The summed E-state index contributed by atoms with van der Waals surface area (Å²) in [5.41, 5.74) is 0. The quantitative estimate of drug-likeness (QED) is 0.660. The lowest BCUT2D eigenvalue weighted by Gasteiger charge is -2.27. The van der Waals surface area contributed by atoms with E-state index in [0.717, 1.165) is 18.9 Å². The van der Waals surface area contributed by atoms with Crippen LogP contribution < -0.4 is 4.90 Å². The van der Waals surface area contributed by atoms with Gasteiger partial charge in [-0.25, -0.2) is 4.98 Å². The molecule has 0 fully saturated rings. The number of hydrogen-bond donors (Lipinski definition) is 0. The molecule has 2 rings (SSSR count). The average Bonchev–Trinajstić information content (AvgIpc) is 2.19. The first-order valence-corrected chi connectivity index (χ1v) is 5.16. The van der Waals surface area contributed by atoms with Crippen LogP contribution >= 0.6 is 11.6 Å². The Morgan fingerprint density at radius 1 is 1.50 bits per heavy atom. The fourth-order valence-corrected chi connectivity index (χ4v) is 1.76. The first-order valence-electron chi connectivity index (χ1n) is 4.79. The molecular weight excluding hydrogens is 196 g/mol. The average molecular weight is 209 g/mol. The molecule has 0 spiro atoms. The Hall–Kier alpha value is -1.02. The highest BCUT2D eigenvalue weighted by Crippen LogP contribution is 2.18. The second-order valence-corrected chi connectivity index (χ2v) is 4.08. The summed E-state index contributed by atoms with van der Waals surface area (Å²) in [5.74, 6) is 1.60. The van der Waals surface area contributed by atoms with E-state index in [2.05, 4.69) is 29.0 Å². The van der Waals surface area contributed by atoms with Crippen molar-refractivity contribution in [2.75, 3.05) is 18.0 Å². The van der Waals surface area contributed by atoms with Gasteiger partial charge in [0.2, 0.25) is 0 Å². The maximum absolute atomic E-state index is 5.78. The van der Waals surface area contributed by atoms with Gasteiger partial charge in [-0.15, -0.1) is 0 Å². The number of anilines is 1. The Morgan fingerprint density at radius 3 is 3.00 bits per heavy atom. The third-order valence-corrected chi connectivity index (χ3v) is 2.56. The largest absolute Gasteiger partial charge is 0.352 e. The lowest BCUT2D eigenvalue weighted by Crippen LogP contribution is -2.31. The number of rotatable bonds is 1. The van der Waals surface area contributed by atoms with Crippen LogP contribution in [0, 0.1) is 5.92 Å². The number of pyridine rings is 1. The Bertz CT molecular complexity index is 332. The molecule has 0 N–H and O–H groups in total. The smallest absolute Gasteiger partial charge is 0.128 e. The molecule has 0 saturated heterocycles. The molecule has 0 saturated carbocycles. The van der Waals surface area contributed by atoms with Gasteiger partial charge < -0.3 is 4.90 Å². The summed E-state index contributed by atoms with van der Waals surface area (Å²) in [4.78, 5) is 6.55. The van der Waals surface area contributed by atoms with Crippen molar-refractivity contribution in [3.8, 4) is 0 Å². The fraction of sp³-hybridized carbons (Fsp3) is 0.364. The molecule has 1 unspecified atom stereocenters. The number of hydrogen-bond acceptors (Lipinski definition) is 2. The molecule has 0 bridgehead atoms. The molecule has 1 aliphatic rings. The van der Waals surface area contributed by atoms with E-state index >= 15 is 0 Å². The van der Waals surface area contributed by atoms with Gasteiger partial charge in [-0.3, -0.25) is 0 Å². The predicted octanol–water partition coefficient (Wildman–Crippen LogP) is 2.75. The second kappa shape index (κ2) is 4.01. The van der Waals surface area contributed by atoms with Crippen LogP contribution in [0.3, 0.4) is 0 Å². The summed E-state index contributed by atoms with van der Waals surface area (Å²) in [6, 6.07) is 3.85. The van der Waals surface area contributed by atoms with Crippen LogP contribution in [0.25, 0.3) is 0 Å². The van der Waals surface area contributed by atoms with Crippen LogP contribution in [-0.4, -0.2) is 18.1 Å². The lowest BCUT2D eigenvalue weighted by molar-refractivity contribution is 0.654. The Balaban J connectivity index is 2.15. The molecule has 0 aliphatic carbocycles. The lowest BCUT2D eigenvalue weighted by atomic mass is 10.1. The minimum atomic E-state index is 0.598. The maximum atomic E-state index is 5.78. The van der Waals surface area contributed by atoms with Crippen molar-refractivity contribution in [2.45, 2.75) is 6.92 Å². The first kappa shape index (κ1) is 9.53. The van der Waals surface area contributed by atoms with Crippen LogP contribution in [0.2, 0.25) is 5.02 Å². The third kappa shape index (κ3) is 2.07. The molecule has 14 heavy (non-hydrogen) atoms. The molecule has 74 valence electrons. The molecule has 2 nitrogen and oxygen atoms in total. The van der Waals surface area contributed by atoms with E-state index in [-0.39, 0.29) is 0 Å². The van der Waals surface area contributed by atoms with E-state index in [9.17, 15) is 0 Å². The summed E-state index contributed by atoms with van der Waals surface area (Å²) < 4.78 is 0. The van der Waals surface area contributed by atoms with Gasteiger partial charge in [0.25, 0.3) is 0 Å². The number of aromatic nitrogens is 1. The number of halogens is 1. The van der Waals surface area contributed by atoms with Gasteiger partial charge in [0.05, 0.1) is 5.02 Å². The highest BCUT2D eigenvalue weighted by molar-refractivity contribution is 6.30. The van der Waals surface area contributed by atoms with Gasteiger partial charge in [-0.05, 0) is 18.1 Å². The molecule has 0 amide bonds. The van der Waals surface area contributed by atoms with E-state index in [1.165, 1.54) is 0 Å². The van der Waals surface area contributed by atoms with Gasteiger partial charge in [0, 0.05) is 19.3 Å². The predicted molar refractivity (Wildman–Crippen MR) is 59.8 cm³/mol. The highest BCUT2D eigenvalue weighted by Gasteiger charge is 2.12. The third-order valence-electron chi connectivity index (χ3n) is 2.33. The van der Waals surface area contributed by atoms with Crippen molar-refractivity contribution in [1.82, 2.24) is 4.98 Å². The van der Waals surface area contributed by atoms with E-state index in [1.54, 1.807) is 6.20 Å².